The molecule has 0 radical (unpaired) electrons. The minimum Gasteiger partial charge on any atom is -0.493 e. The number of aromatic nitrogens is 2. The van der Waals surface area contributed by atoms with Crippen molar-refractivity contribution >= 4 is 0 Å². The van der Waals surface area contributed by atoms with Crippen LogP contribution in [0.1, 0.15) is 103 Å². The molecule has 0 saturated heterocycles. The Morgan fingerprint density at radius 3 is 2.19 bits per heavy atom. The van der Waals surface area contributed by atoms with Crippen molar-refractivity contribution in [1.29, 1.82) is 0 Å². The highest BCUT2D eigenvalue weighted by Crippen LogP contribution is 2.33. The second-order valence-electron chi connectivity index (χ2n) is 9.71. The number of aryl methyl sites for hydroxylation is 1. The molecule has 176 valence electrons. The van der Waals surface area contributed by atoms with E-state index in [1.54, 1.807) is 0 Å². The van der Waals surface area contributed by atoms with E-state index in [2.05, 4.69) is 19.9 Å². The number of para-hydroxylation sites is 1. The zero-order chi connectivity index (χ0) is 22.4. The van der Waals surface area contributed by atoms with Crippen LogP contribution in [0.3, 0.4) is 0 Å². The normalized spacial score (nSPS) is 18.6. The van der Waals surface area contributed by atoms with Crippen molar-refractivity contribution in [3.05, 3.63) is 42.2 Å². The third kappa shape index (κ3) is 8.22. The fourth-order valence-corrected chi connectivity index (χ4v) is 4.94. The van der Waals surface area contributed by atoms with Crippen molar-refractivity contribution in [3.8, 4) is 17.1 Å². The van der Waals surface area contributed by atoms with Crippen molar-refractivity contribution in [2.75, 3.05) is 6.61 Å². The molecular weight excluding hydrogens is 392 g/mol. The van der Waals surface area contributed by atoms with Gasteiger partial charge in [0.05, 0.1) is 12.2 Å². The quantitative estimate of drug-likeness (QED) is 0.279. The molecule has 1 fully saturated rings. The number of nitrogens with zero attached hydrogens (tertiary/aromatic N) is 2. The van der Waals surface area contributed by atoms with E-state index in [9.17, 15) is 0 Å². The Hall–Kier alpha value is -1.90. The zero-order valence-corrected chi connectivity index (χ0v) is 20.5. The van der Waals surface area contributed by atoms with Gasteiger partial charge in [0.2, 0.25) is 0 Å². The summed E-state index contributed by atoms with van der Waals surface area (Å²) < 4.78 is 6.11. The first kappa shape index (κ1) is 24.7. The van der Waals surface area contributed by atoms with Gasteiger partial charge in [-0.25, -0.2) is 9.97 Å². The van der Waals surface area contributed by atoms with Gasteiger partial charge in [-0.1, -0.05) is 96.6 Å². The van der Waals surface area contributed by atoms with Gasteiger partial charge in [0.25, 0.3) is 0 Å². The van der Waals surface area contributed by atoms with Crippen molar-refractivity contribution < 1.29 is 4.74 Å². The van der Waals surface area contributed by atoms with Crippen molar-refractivity contribution in [1.82, 2.24) is 9.97 Å². The second-order valence-corrected chi connectivity index (χ2v) is 9.71. The van der Waals surface area contributed by atoms with Crippen LogP contribution >= 0.6 is 0 Å². The molecule has 2 aromatic rings. The molecule has 32 heavy (non-hydrogen) atoms. The summed E-state index contributed by atoms with van der Waals surface area (Å²) in [6.07, 6.45) is 22.5. The molecule has 3 nitrogen and oxygen atoms in total. The lowest BCUT2D eigenvalue weighted by atomic mass is 9.79. The standard InChI is InChI=1S/C29H44N2O/c1-3-5-6-7-8-9-12-21-32-28-14-11-10-13-27(28)29-30-22-26(23-31-29)20-19-25-17-15-24(4-2)16-18-25/h10-11,13-14,22-25H,3-9,12,15-21H2,1-2H3. The Labute approximate surface area is 196 Å². The molecule has 1 heterocycles. The number of ether oxygens (including phenoxy) is 1. The molecule has 1 aliphatic rings. The minimum absolute atomic E-state index is 0.767. The molecule has 3 heteroatoms. The summed E-state index contributed by atoms with van der Waals surface area (Å²) in [7, 11) is 0. The Morgan fingerprint density at radius 1 is 0.812 bits per heavy atom. The summed E-state index contributed by atoms with van der Waals surface area (Å²) in [5.74, 6) is 3.53. The second kappa shape index (κ2) is 14.3. The smallest absolute Gasteiger partial charge is 0.162 e. The van der Waals surface area contributed by atoms with Crippen LogP contribution in [0, 0.1) is 11.8 Å². The highest BCUT2D eigenvalue weighted by Gasteiger charge is 2.19. The van der Waals surface area contributed by atoms with E-state index < -0.39 is 0 Å². The molecule has 3 rings (SSSR count). The van der Waals surface area contributed by atoms with Crippen molar-refractivity contribution in [3.63, 3.8) is 0 Å². The number of unbranched alkanes of at least 4 members (excludes halogenated alkanes) is 6. The van der Waals surface area contributed by atoms with Gasteiger partial charge >= 0.3 is 0 Å². The average molecular weight is 437 g/mol. The van der Waals surface area contributed by atoms with Gasteiger partial charge in [0.15, 0.2) is 5.82 Å². The Morgan fingerprint density at radius 2 is 1.47 bits per heavy atom. The van der Waals surface area contributed by atoms with E-state index in [1.807, 2.05) is 30.6 Å². The Balaban J connectivity index is 1.44. The van der Waals surface area contributed by atoms with Gasteiger partial charge in [0, 0.05) is 12.4 Å². The summed E-state index contributed by atoms with van der Waals surface area (Å²) in [5, 5.41) is 0. The molecule has 0 amide bonds. The Kier molecular flexibility index (Phi) is 11.0. The first-order valence-corrected chi connectivity index (χ1v) is 13.3. The third-order valence-corrected chi connectivity index (χ3v) is 7.22. The van der Waals surface area contributed by atoms with Crippen LogP contribution in [0.25, 0.3) is 11.4 Å². The lowest BCUT2D eigenvalue weighted by molar-refractivity contribution is 0.258. The highest BCUT2D eigenvalue weighted by atomic mass is 16.5. The molecule has 1 saturated carbocycles. The molecule has 1 aromatic heterocycles. The first-order chi connectivity index (χ1) is 15.8. The largest absolute Gasteiger partial charge is 0.493 e. The molecule has 1 aromatic carbocycles. The zero-order valence-electron chi connectivity index (χ0n) is 20.5. The molecule has 0 atom stereocenters. The fraction of sp³-hybridized carbons (Fsp3) is 0.655. The topological polar surface area (TPSA) is 35.0 Å². The number of rotatable bonds is 14. The monoisotopic (exact) mass is 436 g/mol. The van der Waals surface area contributed by atoms with Crippen LogP contribution in [0.5, 0.6) is 5.75 Å². The maximum Gasteiger partial charge on any atom is 0.162 e. The predicted molar refractivity (Wildman–Crippen MR) is 135 cm³/mol. The van der Waals surface area contributed by atoms with Crippen LogP contribution < -0.4 is 4.74 Å². The summed E-state index contributed by atoms with van der Waals surface area (Å²) in [5.41, 5.74) is 2.26. The number of benzene rings is 1. The van der Waals surface area contributed by atoms with Crippen molar-refractivity contribution in [2.45, 2.75) is 104 Å². The van der Waals surface area contributed by atoms with E-state index >= 15 is 0 Å². The van der Waals surface area contributed by atoms with E-state index in [0.717, 1.165) is 48.4 Å². The van der Waals surface area contributed by atoms with Gasteiger partial charge in [0.1, 0.15) is 5.75 Å². The Bertz CT molecular complexity index is 750. The lowest BCUT2D eigenvalue weighted by Crippen LogP contribution is -2.14. The molecule has 1 aliphatic carbocycles. The molecule has 0 unspecified atom stereocenters. The van der Waals surface area contributed by atoms with Crippen LogP contribution in [0.15, 0.2) is 36.7 Å². The molecular formula is C29H44N2O. The molecule has 0 aliphatic heterocycles. The summed E-state index contributed by atoms with van der Waals surface area (Å²) in [4.78, 5) is 9.39. The van der Waals surface area contributed by atoms with Gasteiger partial charge in [-0.3, -0.25) is 0 Å². The summed E-state index contributed by atoms with van der Waals surface area (Å²) >= 11 is 0. The summed E-state index contributed by atoms with van der Waals surface area (Å²) in [6, 6.07) is 8.19. The summed E-state index contributed by atoms with van der Waals surface area (Å²) in [6.45, 7) is 5.37. The van der Waals surface area contributed by atoms with Crippen LogP contribution in [-0.2, 0) is 6.42 Å². The average Bonchev–Trinajstić information content (AvgIpc) is 2.85. The van der Waals surface area contributed by atoms with Crippen molar-refractivity contribution in [2.24, 2.45) is 11.8 Å². The van der Waals surface area contributed by atoms with Gasteiger partial charge < -0.3 is 4.74 Å². The predicted octanol–water partition coefficient (Wildman–Crippen LogP) is 8.42. The molecule has 0 bridgehead atoms. The molecule has 0 N–H and O–H groups in total. The maximum absolute atomic E-state index is 6.11. The first-order valence-electron chi connectivity index (χ1n) is 13.3. The third-order valence-electron chi connectivity index (χ3n) is 7.22. The van der Waals surface area contributed by atoms with Crippen LogP contribution in [-0.4, -0.2) is 16.6 Å². The van der Waals surface area contributed by atoms with E-state index in [1.165, 1.54) is 82.6 Å². The van der Waals surface area contributed by atoms with E-state index in [0.29, 0.717) is 0 Å². The number of hydrogen-bond donors (Lipinski definition) is 0. The van der Waals surface area contributed by atoms with Gasteiger partial charge in [-0.15, -0.1) is 0 Å². The lowest BCUT2D eigenvalue weighted by Gasteiger charge is -2.27. The van der Waals surface area contributed by atoms with Crippen LogP contribution in [0.4, 0.5) is 0 Å². The maximum atomic E-state index is 6.11. The number of hydrogen-bond acceptors (Lipinski definition) is 3. The van der Waals surface area contributed by atoms with Crippen LogP contribution in [0.2, 0.25) is 0 Å². The van der Waals surface area contributed by atoms with Gasteiger partial charge in [-0.05, 0) is 48.8 Å². The fourth-order valence-electron chi connectivity index (χ4n) is 4.94. The highest BCUT2D eigenvalue weighted by molar-refractivity contribution is 5.63. The van der Waals surface area contributed by atoms with E-state index in [4.69, 9.17) is 14.7 Å². The SMILES string of the molecule is CCCCCCCCCOc1ccccc1-c1ncc(CCC2CCC(CC)CC2)cn1. The minimum atomic E-state index is 0.767. The van der Waals surface area contributed by atoms with E-state index in [-0.39, 0.29) is 0 Å². The van der Waals surface area contributed by atoms with Gasteiger partial charge in [-0.2, -0.15) is 0 Å². The molecule has 0 spiro atoms.